The van der Waals surface area contributed by atoms with E-state index in [0.717, 1.165) is 50.6 Å². The van der Waals surface area contributed by atoms with Gasteiger partial charge in [0.25, 0.3) is 0 Å². The summed E-state index contributed by atoms with van der Waals surface area (Å²) in [7, 11) is 1.82. The molecule has 1 aliphatic heterocycles. The van der Waals surface area contributed by atoms with E-state index in [-0.39, 0.29) is 29.9 Å². The van der Waals surface area contributed by atoms with Gasteiger partial charge in [0.15, 0.2) is 5.96 Å². The van der Waals surface area contributed by atoms with E-state index in [9.17, 15) is 4.79 Å². The summed E-state index contributed by atoms with van der Waals surface area (Å²) in [6.07, 6.45) is 3.71. The molecule has 0 aliphatic carbocycles. The van der Waals surface area contributed by atoms with Crippen molar-refractivity contribution >= 4 is 47.6 Å². The SMILES string of the molecule is CN=C(NCCCSc1ccccc1)N1CCCC(CC(N)=O)C1.I. The lowest BCUT2D eigenvalue weighted by molar-refractivity contribution is -0.119. The fourth-order valence-corrected chi connectivity index (χ4v) is 3.89. The highest BCUT2D eigenvalue weighted by atomic mass is 127. The molecule has 2 rings (SSSR count). The van der Waals surface area contributed by atoms with E-state index < -0.39 is 0 Å². The first-order chi connectivity index (χ1) is 11.7. The predicted molar refractivity (Wildman–Crippen MR) is 117 cm³/mol. The van der Waals surface area contributed by atoms with E-state index in [0.29, 0.717) is 12.3 Å². The molecule has 1 unspecified atom stereocenters. The van der Waals surface area contributed by atoms with Crippen LogP contribution in [0.15, 0.2) is 40.2 Å². The lowest BCUT2D eigenvalue weighted by atomic mass is 9.95. The molecule has 1 heterocycles. The number of nitrogens with two attached hydrogens (primary N) is 1. The highest BCUT2D eigenvalue weighted by molar-refractivity contribution is 14.0. The first kappa shape index (κ1) is 22.1. The van der Waals surface area contributed by atoms with Gasteiger partial charge < -0.3 is 16.0 Å². The molecule has 0 bridgehead atoms. The molecule has 1 aromatic rings. The Morgan fingerprint density at radius 1 is 1.40 bits per heavy atom. The van der Waals surface area contributed by atoms with Crippen LogP contribution in [0, 0.1) is 5.92 Å². The van der Waals surface area contributed by atoms with Crippen molar-refractivity contribution in [2.75, 3.05) is 32.4 Å². The monoisotopic (exact) mass is 476 g/mol. The van der Waals surface area contributed by atoms with Crippen LogP contribution in [-0.2, 0) is 4.79 Å². The van der Waals surface area contributed by atoms with Crippen molar-refractivity contribution < 1.29 is 4.79 Å². The number of guanidine groups is 1. The van der Waals surface area contributed by atoms with Crippen LogP contribution in [0.5, 0.6) is 0 Å². The minimum atomic E-state index is -0.206. The molecule has 0 radical (unpaired) electrons. The molecule has 7 heteroatoms. The van der Waals surface area contributed by atoms with Gasteiger partial charge in [-0.3, -0.25) is 9.79 Å². The summed E-state index contributed by atoms with van der Waals surface area (Å²) >= 11 is 1.88. The van der Waals surface area contributed by atoms with Gasteiger partial charge in [-0.05, 0) is 43.1 Å². The number of nitrogens with zero attached hydrogens (tertiary/aromatic N) is 2. The molecule has 1 saturated heterocycles. The molecule has 3 N–H and O–H groups in total. The second kappa shape index (κ2) is 12.4. The smallest absolute Gasteiger partial charge is 0.217 e. The third kappa shape index (κ3) is 8.31. The zero-order valence-electron chi connectivity index (χ0n) is 14.8. The number of aliphatic imine (C=N–C) groups is 1. The quantitative estimate of drug-likeness (QED) is 0.209. The summed E-state index contributed by atoms with van der Waals surface area (Å²) in [6, 6.07) is 10.5. The van der Waals surface area contributed by atoms with E-state index in [4.69, 9.17) is 5.73 Å². The molecular formula is C18H29IN4OS. The summed E-state index contributed by atoms with van der Waals surface area (Å²) in [5, 5.41) is 3.45. The number of hydrogen-bond donors (Lipinski definition) is 2. The molecule has 0 spiro atoms. The molecule has 0 saturated carbocycles. The highest BCUT2D eigenvalue weighted by Gasteiger charge is 2.23. The third-order valence-electron chi connectivity index (χ3n) is 4.14. The highest BCUT2D eigenvalue weighted by Crippen LogP contribution is 2.20. The number of hydrogen-bond acceptors (Lipinski definition) is 3. The van der Waals surface area contributed by atoms with Gasteiger partial charge in [-0.2, -0.15) is 0 Å². The standard InChI is InChI=1S/C18H28N4OS.HI/c1-20-18(22-11-5-7-15(14-22)13-17(19)23)21-10-6-12-24-16-8-3-2-4-9-16;/h2-4,8-9,15H,5-7,10-14H2,1H3,(H2,19,23)(H,20,21);1H. The van der Waals surface area contributed by atoms with E-state index in [1.165, 1.54) is 4.90 Å². The number of rotatable bonds is 7. The van der Waals surface area contributed by atoms with Gasteiger partial charge in [0.2, 0.25) is 5.91 Å². The number of piperidine rings is 1. The van der Waals surface area contributed by atoms with Crippen LogP contribution in [0.2, 0.25) is 0 Å². The molecule has 1 atom stereocenters. The van der Waals surface area contributed by atoms with Crippen molar-refractivity contribution in [3.63, 3.8) is 0 Å². The number of halogens is 1. The van der Waals surface area contributed by atoms with Crippen molar-refractivity contribution in [1.82, 2.24) is 10.2 Å². The van der Waals surface area contributed by atoms with Crippen LogP contribution in [-0.4, -0.2) is 49.2 Å². The van der Waals surface area contributed by atoms with E-state index in [1.807, 2.05) is 24.9 Å². The number of amides is 1. The van der Waals surface area contributed by atoms with Crippen LogP contribution in [0.1, 0.15) is 25.7 Å². The van der Waals surface area contributed by atoms with Gasteiger partial charge in [0, 0.05) is 38.0 Å². The topological polar surface area (TPSA) is 70.7 Å². The Morgan fingerprint density at radius 2 is 2.16 bits per heavy atom. The van der Waals surface area contributed by atoms with Crippen LogP contribution < -0.4 is 11.1 Å². The molecule has 1 fully saturated rings. The maximum atomic E-state index is 11.1. The minimum Gasteiger partial charge on any atom is -0.370 e. The van der Waals surface area contributed by atoms with Crippen molar-refractivity contribution in [2.24, 2.45) is 16.6 Å². The van der Waals surface area contributed by atoms with Gasteiger partial charge in [-0.1, -0.05) is 18.2 Å². The molecule has 25 heavy (non-hydrogen) atoms. The van der Waals surface area contributed by atoms with E-state index in [1.54, 1.807) is 0 Å². The Bertz CT molecular complexity index is 541. The minimum absolute atomic E-state index is 0. The number of carbonyl (C=O) groups excluding carboxylic acids is 1. The summed E-state index contributed by atoms with van der Waals surface area (Å²) in [5.41, 5.74) is 5.33. The van der Waals surface area contributed by atoms with Crippen LogP contribution in [0.3, 0.4) is 0 Å². The number of primary amides is 1. The van der Waals surface area contributed by atoms with Gasteiger partial charge in [-0.15, -0.1) is 35.7 Å². The maximum Gasteiger partial charge on any atom is 0.217 e. The number of nitrogens with one attached hydrogen (secondary N) is 1. The lowest BCUT2D eigenvalue weighted by Crippen LogP contribution is -2.47. The van der Waals surface area contributed by atoms with Crippen molar-refractivity contribution in [2.45, 2.75) is 30.6 Å². The Morgan fingerprint density at radius 3 is 2.84 bits per heavy atom. The summed E-state index contributed by atoms with van der Waals surface area (Å²) < 4.78 is 0. The van der Waals surface area contributed by atoms with Crippen LogP contribution >= 0.6 is 35.7 Å². The Hall–Kier alpha value is -0.960. The molecule has 0 aromatic heterocycles. The summed E-state index contributed by atoms with van der Waals surface area (Å²) in [6.45, 7) is 2.76. The molecule has 1 amide bonds. The second-order valence-corrected chi connectivity index (χ2v) is 7.28. The van der Waals surface area contributed by atoms with Crippen LogP contribution in [0.25, 0.3) is 0 Å². The third-order valence-corrected chi connectivity index (χ3v) is 5.23. The number of thioether (sulfide) groups is 1. The van der Waals surface area contributed by atoms with Gasteiger partial charge in [0.05, 0.1) is 0 Å². The molecule has 1 aliphatic rings. The molecular weight excluding hydrogens is 447 g/mol. The molecule has 1 aromatic carbocycles. The second-order valence-electron chi connectivity index (χ2n) is 6.11. The molecule has 140 valence electrons. The Labute approximate surface area is 172 Å². The van der Waals surface area contributed by atoms with Gasteiger partial charge in [0.1, 0.15) is 0 Å². The molecule has 5 nitrogen and oxygen atoms in total. The van der Waals surface area contributed by atoms with Crippen molar-refractivity contribution in [3.8, 4) is 0 Å². The summed E-state index contributed by atoms with van der Waals surface area (Å²) in [5.74, 6) is 2.17. The number of likely N-dealkylation sites (tertiary alicyclic amines) is 1. The van der Waals surface area contributed by atoms with Crippen molar-refractivity contribution in [3.05, 3.63) is 30.3 Å². The average Bonchev–Trinajstić information content (AvgIpc) is 2.58. The fourth-order valence-electron chi connectivity index (χ4n) is 3.02. The van der Waals surface area contributed by atoms with E-state index in [2.05, 4.69) is 39.5 Å². The fraction of sp³-hybridized carbons (Fsp3) is 0.556. The lowest BCUT2D eigenvalue weighted by Gasteiger charge is -2.34. The summed E-state index contributed by atoms with van der Waals surface area (Å²) in [4.78, 5) is 19.1. The Kier molecular flexibility index (Phi) is 11.0. The normalized spacial score (nSPS) is 17.7. The Balaban J connectivity index is 0.00000312. The van der Waals surface area contributed by atoms with Crippen molar-refractivity contribution in [1.29, 1.82) is 0 Å². The zero-order valence-corrected chi connectivity index (χ0v) is 18.0. The number of carbonyl (C=O) groups is 1. The first-order valence-corrected chi connectivity index (χ1v) is 9.59. The first-order valence-electron chi connectivity index (χ1n) is 8.61. The van der Waals surface area contributed by atoms with Gasteiger partial charge >= 0.3 is 0 Å². The maximum absolute atomic E-state index is 11.1. The van der Waals surface area contributed by atoms with Gasteiger partial charge in [-0.25, -0.2) is 0 Å². The van der Waals surface area contributed by atoms with E-state index >= 15 is 0 Å². The predicted octanol–water partition coefficient (Wildman–Crippen LogP) is 2.95. The number of benzene rings is 1. The largest absolute Gasteiger partial charge is 0.370 e. The average molecular weight is 476 g/mol. The zero-order chi connectivity index (χ0) is 17.2. The van der Waals surface area contributed by atoms with Crippen LogP contribution in [0.4, 0.5) is 0 Å².